The molecule has 0 atom stereocenters. The number of nitrogens with one attached hydrogen (secondary N) is 1. The highest BCUT2D eigenvalue weighted by Crippen LogP contribution is 2.40. The summed E-state index contributed by atoms with van der Waals surface area (Å²) in [6, 6.07) is 17.3. The van der Waals surface area contributed by atoms with Crippen LogP contribution >= 0.6 is 11.6 Å². The van der Waals surface area contributed by atoms with E-state index in [2.05, 4.69) is 0 Å². The van der Waals surface area contributed by atoms with Crippen LogP contribution in [0.3, 0.4) is 0 Å². The molecule has 0 saturated carbocycles. The molecule has 3 aromatic carbocycles. The zero-order chi connectivity index (χ0) is 32.0. The minimum absolute atomic E-state index is 0.00729. The zero-order valence-electron chi connectivity index (χ0n) is 24.8. The highest BCUT2D eigenvalue weighted by atomic mass is 35.5. The molecule has 232 valence electrons. The van der Waals surface area contributed by atoms with Gasteiger partial charge in [0.05, 0.1) is 24.0 Å². The minimum atomic E-state index is -5.07. The standard InChI is InChI=1S/C34H33ClF3NO5/c1-21(2)18-39(19-22(3)4)20-27-28(43-29(40)17-10-23-8-6-5-7-9-23)16-15-26-30(41)32(33(34(36,37)38)44-31(26)27)42-25-13-11-24(35)12-14-25/h5-17,21-22H,18-20H2,1-4H3/p+1/b17-10+. The average Bonchev–Trinajstić information content (AvgIpc) is 2.95. The van der Waals surface area contributed by atoms with Gasteiger partial charge in [-0.3, -0.25) is 4.79 Å². The maximum Gasteiger partial charge on any atom is 0.453 e. The maximum absolute atomic E-state index is 14.4. The number of carbonyl (C=O) groups is 1. The number of quaternary nitrogens is 1. The number of benzene rings is 3. The molecule has 0 unspecified atom stereocenters. The van der Waals surface area contributed by atoms with E-state index in [4.69, 9.17) is 25.5 Å². The van der Waals surface area contributed by atoms with Gasteiger partial charge in [0.2, 0.25) is 11.2 Å². The molecule has 0 aliphatic carbocycles. The Bertz CT molecular complexity index is 1670. The van der Waals surface area contributed by atoms with Crippen molar-refractivity contribution in [2.24, 2.45) is 11.8 Å². The van der Waals surface area contributed by atoms with E-state index in [1.165, 1.54) is 42.5 Å². The number of hydrogen-bond donors (Lipinski definition) is 1. The Morgan fingerprint density at radius 3 is 2.18 bits per heavy atom. The van der Waals surface area contributed by atoms with Gasteiger partial charge in [-0.25, -0.2) is 4.79 Å². The Morgan fingerprint density at radius 1 is 0.955 bits per heavy atom. The van der Waals surface area contributed by atoms with Crippen molar-refractivity contribution in [3.63, 3.8) is 0 Å². The van der Waals surface area contributed by atoms with Crippen LogP contribution in [0.4, 0.5) is 13.2 Å². The second kappa shape index (κ2) is 14.1. The summed E-state index contributed by atoms with van der Waals surface area (Å²) in [7, 11) is 0. The molecule has 0 radical (unpaired) electrons. The number of esters is 1. The normalized spacial score (nSPS) is 12.2. The number of rotatable bonds is 11. The van der Waals surface area contributed by atoms with Gasteiger partial charge in [0.25, 0.3) is 5.76 Å². The van der Waals surface area contributed by atoms with Gasteiger partial charge in [-0.1, -0.05) is 69.6 Å². The van der Waals surface area contributed by atoms with E-state index >= 15 is 0 Å². The summed E-state index contributed by atoms with van der Waals surface area (Å²) in [6.07, 6.45) is -2.27. The lowest BCUT2D eigenvalue weighted by atomic mass is 10.1. The van der Waals surface area contributed by atoms with Crippen molar-refractivity contribution in [1.82, 2.24) is 0 Å². The predicted molar refractivity (Wildman–Crippen MR) is 164 cm³/mol. The van der Waals surface area contributed by atoms with Crippen molar-refractivity contribution in [1.29, 1.82) is 0 Å². The van der Waals surface area contributed by atoms with Crippen LogP contribution in [0.5, 0.6) is 17.2 Å². The topological polar surface area (TPSA) is 70.2 Å². The van der Waals surface area contributed by atoms with Crippen LogP contribution in [0.25, 0.3) is 17.0 Å². The Kier molecular flexibility index (Phi) is 10.5. The third kappa shape index (κ3) is 8.51. The minimum Gasteiger partial charge on any atom is -0.449 e. The Balaban J connectivity index is 1.87. The van der Waals surface area contributed by atoms with E-state index in [-0.39, 0.29) is 46.4 Å². The fraction of sp³-hybridized carbons (Fsp3) is 0.294. The Labute approximate surface area is 258 Å². The quantitative estimate of drug-likeness (QED) is 0.105. The first kappa shape index (κ1) is 32.8. The van der Waals surface area contributed by atoms with Gasteiger partial charge < -0.3 is 18.8 Å². The van der Waals surface area contributed by atoms with Crippen LogP contribution in [-0.2, 0) is 17.5 Å². The first-order valence-electron chi connectivity index (χ1n) is 14.2. The Hall–Kier alpha value is -4.08. The fourth-order valence-corrected chi connectivity index (χ4v) is 5.07. The first-order chi connectivity index (χ1) is 20.8. The summed E-state index contributed by atoms with van der Waals surface area (Å²) in [5.74, 6) is -2.81. The van der Waals surface area contributed by atoms with E-state index in [1.54, 1.807) is 18.2 Å². The third-order valence-corrected chi connectivity index (χ3v) is 6.86. The number of alkyl halides is 3. The number of halogens is 4. The van der Waals surface area contributed by atoms with E-state index in [1.807, 2.05) is 45.9 Å². The van der Waals surface area contributed by atoms with Gasteiger partial charge in [0, 0.05) is 22.9 Å². The number of fused-ring (bicyclic) bond motifs is 1. The van der Waals surface area contributed by atoms with Crippen molar-refractivity contribution in [3.05, 3.63) is 105 Å². The molecule has 4 rings (SSSR count). The lowest BCUT2D eigenvalue weighted by molar-refractivity contribution is -0.919. The molecule has 1 heterocycles. The lowest BCUT2D eigenvalue weighted by Crippen LogP contribution is -3.11. The summed E-state index contributed by atoms with van der Waals surface area (Å²) in [4.78, 5) is 27.5. The molecule has 0 fully saturated rings. The van der Waals surface area contributed by atoms with Gasteiger partial charge in [0.15, 0.2) is 5.58 Å². The highest BCUT2D eigenvalue weighted by Gasteiger charge is 2.41. The number of ether oxygens (including phenoxy) is 2. The molecule has 0 saturated heterocycles. The Morgan fingerprint density at radius 2 is 1.59 bits per heavy atom. The van der Waals surface area contributed by atoms with Gasteiger partial charge >= 0.3 is 12.1 Å². The molecule has 0 spiro atoms. The molecular formula is C34H34ClF3NO5+. The van der Waals surface area contributed by atoms with Gasteiger partial charge in [-0.15, -0.1) is 0 Å². The summed E-state index contributed by atoms with van der Waals surface area (Å²) in [6.45, 7) is 9.69. The van der Waals surface area contributed by atoms with Crippen LogP contribution in [-0.4, -0.2) is 19.1 Å². The summed E-state index contributed by atoms with van der Waals surface area (Å²) < 4.78 is 59.8. The molecule has 4 aromatic rings. The molecule has 44 heavy (non-hydrogen) atoms. The average molecular weight is 629 g/mol. The van der Waals surface area contributed by atoms with Gasteiger partial charge in [0.1, 0.15) is 18.0 Å². The SMILES string of the molecule is CC(C)C[NH+](Cc1c(OC(=O)/C=C/c2ccccc2)ccc2c(=O)c(Oc3ccc(Cl)cc3)c(C(F)(F)F)oc12)CC(C)C. The molecule has 0 aliphatic heterocycles. The molecule has 0 amide bonds. The number of hydrogen-bond acceptors (Lipinski definition) is 5. The van der Waals surface area contributed by atoms with Crippen molar-refractivity contribution < 1.29 is 36.8 Å². The molecule has 0 bridgehead atoms. The largest absolute Gasteiger partial charge is 0.453 e. The van der Waals surface area contributed by atoms with Crippen LogP contribution < -0.4 is 19.8 Å². The summed E-state index contributed by atoms with van der Waals surface area (Å²) in [5, 5.41) is 0.212. The second-order valence-corrected chi connectivity index (χ2v) is 11.8. The van der Waals surface area contributed by atoms with E-state index < -0.39 is 29.1 Å². The smallest absolute Gasteiger partial charge is 0.449 e. The monoisotopic (exact) mass is 628 g/mol. The molecule has 10 heteroatoms. The predicted octanol–water partition coefficient (Wildman–Crippen LogP) is 7.57. The first-order valence-corrected chi connectivity index (χ1v) is 14.6. The second-order valence-electron chi connectivity index (χ2n) is 11.3. The molecule has 6 nitrogen and oxygen atoms in total. The maximum atomic E-state index is 14.4. The molecule has 1 N–H and O–H groups in total. The van der Waals surface area contributed by atoms with Crippen LogP contribution in [0.15, 0.2) is 82.0 Å². The van der Waals surface area contributed by atoms with E-state index in [0.717, 1.165) is 10.5 Å². The van der Waals surface area contributed by atoms with Crippen molar-refractivity contribution in [3.8, 4) is 17.2 Å². The molecule has 0 aliphatic rings. The zero-order valence-corrected chi connectivity index (χ0v) is 25.6. The van der Waals surface area contributed by atoms with Gasteiger partial charge in [-0.2, -0.15) is 13.2 Å². The van der Waals surface area contributed by atoms with Crippen molar-refractivity contribution >= 4 is 34.6 Å². The third-order valence-electron chi connectivity index (χ3n) is 6.61. The van der Waals surface area contributed by atoms with Crippen LogP contribution in [0.1, 0.15) is 44.6 Å². The van der Waals surface area contributed by atoms with Crippen molar-refractivity contribution in [2.75, 3.05) is 13.1 Å². The fourth-order valence-electron chi connectivity index (χ4n) is 4.94. The molecule has 1 aromatic heterocycles. The van der Waals surface area contributed by atoms with E-state index in [0.29, 0.717) is 18.1 Å². The van der Waals surface area contributed by atoms with E-state index in [9.17, 15) is 22.8 Å². The van der Waals surface area contributed by atoms with Gasteiger partial charge in [-0.05, 0) is 48.0 Å². The van der Waals surface area contributed by atoms with Crippen LogP contribution in [0.2, 0.25) is 5.02 Å². The number of carbonyl (C=O) groups excluding carboxylic acids is 1. The lowest BCUT2D eigenvalue weighted by Gasteiger charge is -2.24. The summed E-state index contributed by atoms with van der Waals surface area (Å²) in [5.41, 5.74) is -0.373. The van der Waals surface area contributed by atoms with Crippen LogP contribution in [0, 0.1) is 11.8 Å². The van der Waals surface area contributed by atoms with Crippen molar-refractivity contribution in [2.45, 2.75) is 40.4 Å². The molecular weight excluding hydrogens is 595 g/mol. The highest BCUT2D eigenvalue weighted by molar-refractivity contribution is 6.30. The summed E-state index contributed by atoms with van der Waals surface area (Å²) >= 11 is 5.89.